The summed E-state index contributed by atoms with van der Waals surface area (Å²) in [6, 6.07) is 17.3. The minimum absolute atomic E-state index is 0.521. The monoisotopic (exact) mass is 508 g/mol. The van der Waals surface area contributed by atoms with Crippen molar-refractivity contribution in [1.29, 1.82) is 0 Å². The Morgan fingerprint density at radius 1 is 0.810 bits per heavy atom. The van der Waals surface area contributed by atoms with E-state index in [1.54, 1.807) is 23.5 Å². The van der Waals surface area contributed by atoms with Crippen LogP contribution >= 0.6 is 11.3 Å². The van der Waals surface area contributed by atoms with Gasteiger partial charge in [0.2, 0.25) is 0 Å². The second-order valence-electron chi connectivity index (χ2n) is 4.76. The number of thiophene rings is 1. The molecule has 4 rings (SSSR count). The van der Waals surface area contributed by atoms with Gasteiger partial charge >= 0.3 is 136 Å². The van der Waals surface area contributed by atoms with Crippen molar-refractivity contribution in [3.8, 4) is 0 Å². The molecule has 0 saturated carbocycles. The Kier molecular flexibility index (Phi) is 3.25. The van der Waals surface area contributed by atoms with Crippen molar-refractivity contribution in [2.45, 2.75) is 9.79 Å². The molecule has 0 unspecified atom stereocenters. The molecule has 3 aromatic rings. The Morgan fingerprint density at radius 3 is 1.90 bits per heavy atom. The fraction of sp³-hybridized carbons (Fsp3) is 0. The zero-order chi connectivity index (χ0) is 14.4. The first-order chi connectivity index (χ1) is 10.2. The van der Waals surface area contributed by atoms with E-state index >= 15 is 0 Å². The molecule has 0 spiro atoms. The Morgan fingerprint density at radius 2 is 1.38 bits per heavy atom. The van der Waals surface area contributed by atoms with Gasteiger partial charge in [-0.3, -0.25) is 0 Å². The van der Waals surface area contributed by atoms with Gasteiger partial charge in [0, 0.05) is 0 Å². The van der Waals surface area contributed by atoms with Gasteiger partial charge in [-0.2, -0.15) is 0 Å². The average molecular weight is 508 g/mol. The van der Waals surface area contributed by atoms with Crippen LogP contribution in [0.15, 0.2) is 75.1 Å². The molecular weight excluding hydrogens is 497 g/mol. The Bertz CT molecular complexity index is 861. The van der Waals surface area contributed by atoms with Crippen molar-refractivity contribution in [3.63, 3.8) is 0 Å². The molecule has 0 N–H and O–H groups in total. The molecule has 0 aliphatic carbocycles. The first kappa shape index (κ1) is 13.6. The molecule has 1 aliphatic heterocycles. The van der Waals surface area contributed by atoms with E-state index in [9.17, 15) is 8.42 Å². The number of sulfone groups is 1. The molecule has 0 bridgehead atoms. The summed E-state index contributed by atoms with van der Waals surface area (Å²) < 4.78 is 29.2. The molecular formula is C16H11BiO2S2. The zero-order valence-corrected chi connectivity index (χ0v) is 16.0. The molecule has 21 heavy (non-hydrogen) atoms. The normalized spacial score (nSPS) is 16.2. The summed E-state index contributed by atoms with van der Waals surface area (Å²) in [5.41, 5.74) is 0. The molecule has 104 valence electrons. The zero-order valence-electron chi connectivity index (χ0n) is 10.9. The first-order valence-electron chi connectivity index (χ1n) is 6.45. The van der Waals surface area contributed by atoms with Crippen LogP contribution in [0.25, 0.3) is 0 Å². The van der Waals surface area contributed by atoms with Crippen molar-refractivity contribution in [2.75, 3.05) is 0 Å². The molecule has 5 heteroatoms. The topological polar surface area (TPSA) is 34.1 Å². The summed E-state index contributed by atoms with van der Waals surface area (Å²) >= 11 is -0.779. The van der Waals surface area contributed by atoms with E-state index in [2.05, 4.69) is 16.8 Å². The van der Waals surface area contributed by atoms with Crippen LogP contribution in [0.3, 0.4) is 0 Å². The molecule has 0 amide bonds. The van der Waals surface area contributed by atoms with Crippen molar-refractivity contribution in [1.82, 2.24) is 0 Å². The molecule has 0 radical (unpaired) electrons. The van der Waals surface area contributed by atoms with Crippen LogP contribution in [0.1, 0.15) is 0 Å². The van der Waals surface area contributed by atoms with Crippen LogP contribution in [-0.4, -0.2) is 30.2 Å². The summed E-state index contributed by atoms with van der Waals surface area (Å²) in [6.07, 6.45) is 0. The van der Waals surface area contributed by atoms with Gasteiger partial charge in [-0.05, 0) is 0 Å². The Balaban J connectivity index is 2.11. The van der Waals surface area contributed by atoms with Crippen LogP contribution in [0.5, 0.6) is 0 Å². The van der Waals surface area contributed by atoms with Crippen molar-refractivity contribution < 1.29 is 8.42 Å². The SMILES string of the molecule is O=S1(=O)c2cccc[c]2[Bi]([c]2ccsc2)[c]2ccccc21. The Labute approximate surface area is 135 Å². The maximum atomic E-state index is 12.8. The van der Waals surface area contributed by atoms with Gasteiger partial charge in [-0.25, -0.2) is 0 Å². The van der Waals surface area contributed by atoms with Gasteiger partial charge in [0.1, 0.15) is 0 Å². The number of fused-ring (bicyclic) bond motifs is 2. The van der Waals surface area contributed by atoms with Gasteiger partial charge in [0.15, 0.2) is 0 Å². The van der Waals surface area contributed by atoms with Crippen LogP contribution in [0.4, 0.5) is 0 Å². The number of hydrogen-bond donors (Lipinski definition) is 0. The third-order valence-electron chi connectivity index (χ3n) is 3.56. The van der Waals surface area contributed by atoms with Gasteiger partial charge in [-0.1, -0.05) is 0 Å². The quantitative estimate of drug-likeness (QED) is 0.365. The molecule has 0 fully saturated rings. The second kappa shape index (κ2) is 5.01. The van der Waals surface area contributed by atoms with Crippen molar-refractivity contribution in [3.05, 3.63) is 65.4 Å². The van der Waals surface area contributed by atoms with E-state index in [4.69, 9.17) is 0 Å². The number of benzene rings is 2. The second-order valence-corrected chi connectivity index (χ2v) is 15.8. The van der Waals surface area contributed by atoms with Gasteiger partial charge in [0.25, 0.3) is 0 Å². The summed E-state index contributed by atoms with van der Waals surface area (Å²) in [5, 5.41) is 4.27. The molecule has 1 aromatic heterocycles. The van der Waals surface area contributed by atoms with Crippen LogP contribution in [0.2, 0.25) is 0 Å². The minimum atomic E-state index is -3.37. The predicted molar refractivity (Wildman–Crippen MR) is 87.3 cm³/mol. The van der Waals surface area contributed by atoms with Crippen LogP contribution < -0.4 is 9.81 Å². The maximum absolute atomic E-state index is 12.8. The third kappa shape index (κ3) is 2.02. The van der Waals surface area contributed by atoms with Crippen LogP contribution in [0, 0.1) is 0 Å². The molecule has 0 atom stereocenters. The number of hydrogen-bond acceptors (Lipinski definition) is 3. The van der Waals surface area contributed by atoms with Crippen molar-refractivity contribution in [2.24, 2.45) is 0 Å². The van der Waals surface area contributed by atoms with Gasteiger partial charge in [0.05, 0.1) is 0 Å². The first-order valence-corrected chi connectivity index (χ1v) is 14.1. The Hall–Kier alpha value is -1.03. The van der Waals surface area contributed by atoms with Crippen LogP contribution in [-0.2, 0) is 9.84 Å². The van der Waals surface area contributed by atoms with E-state index in [0.717, 1.165) is 6.54 Å². The van der Waals surface area contributed by atoms with E-state index in [1.807, 2.05) is 36.4 Å². The molecule has 1 aliphatic rings. The fourth-order valence-electron chi connectivity index (χ4n) is 2.65. The molecule has 2 aromatic carbocycles. The van der Waals surface area contributed by atoms with E-state index in [0.29, 0.717) is 9.79 Å². The standard InChI is InChI=1S/C12H8O2S.C4H3S.Bi/c13-15(14,11-7-3-1-4-8-11)12-9-5-2-6-10-12;1-2-4-5-3-1;/h1-7,9H;1,3-4H;. The average Bonchev–Trinajstić information content (AvgIpc) is 3.02. The summed E-state index contributed by atoms with van der Waals surface area (Å²) in [7, 11) is -3.37. The molecule has 0 saturated heterocycles. The number of rotatable bonds is 1. The van der Waals surface area contributed by atoms with E-state index < -0.39 is 31.6 Å². The van der Waals surface area contributed by atoms with Gasteiger partial charge < -0.3 is 0 Å². The van der Waals surface area contributed by atoms with E-state index in [1.165, 1.54) is 3.27 Å². The van der Waals surface area contributed by atoms with Gasteiger partial charge in [-0.15, -0.1) is 0 Å². The van der Waals surface area contributed by atoms with Crippen molar-refractivity contribution >= 4 is 52.7 Å². The summed E-state index contributed by atoms with van der Waals surface area (Å²) in [4.78, 5) is 1.04. The predicted octanol–water partition coefficient (Wildman–Crippen LogP) is 1.41. The van der Waals surface area contributed by atoms with E-state index in [-0.39, 0.29) is 0 Å². The fourth-order valence-corrected chi connectivity index (χ4v) is 19.6. The summed E-state index contributed by atoms with van der Waals surface area (Å²) in [6.45, 7) is 0. The molecule has 2 heterocycles. The third-order valence-corrected chi connectivity index (χ3v) is 17.9. The summed E-state index contributed by atoms with van der Waals surface area (Å²) in [5.74, 6) is 0. The molecule has 2 nitrogen and oxygen atoms in total.